The summed E-state index contributed by atoms with van der Waals surface area (Å²) in [5.41, 5.74) is 21.5. The van der Waals surface area contributed by atoms with Crippen molar-refractivity contribution in [1.29, 1.82) is 0 Å². The number of hydrogen-bond donors (Lipinski definition) is 2. The molecule has 0 saturated heterocycles. The normalized spacial score (nSPS) is 11.4. The summed E-state index contributed by atoms with van der Waals surface area (Å²) >= 11 is 0. The number of hydrogen-bond acceptors (Lipinski definition) is 8. The molecule has 0 bridgehead atoms. The van der Waals surface area contributed by atoms with E-state index in [9.17, 15) is 0 Å². The van der Waals surface area contributed by atoms with Crippen LogP contribution in [0, 0.1) is 0 Å². The number of azo groups is 2. The predicted molar refractivity (Wildman–Crippen MR) is 183 cm³/mol. The van der Waals surface area contributed by atoms with Crippen LogP contribution >= 0.6 is 0 Å². The molecule has 8 nitrogen and oxygen atoms in total. The molecule has 0 radical (unpaired) electrons. The van der Waals surface area contributed by atoms with Gasteiger partial charge in [-0.2, -0.15) is 20.5 Å². The molecule has 0 amide bonds. The van der Waals surface area contributed by atoms with Crippen LogP contribution in [0.1, 0.15) is 13.8 Å². The summed E-state index contributed by atoms with van der Waals surface area (Å²) in [6, 6.07) is 40.6. The monoisotopic (exact) mass is 582 g/mol. The zero-order valence-electron chi connectivity index (χ0n) is 25.2. The van der Waals surface area contributed by atoms with E-state index in [1.807, 2.05) is 72.8 Å². The summed E-state index contributed by atoms with van der Waals surface area (Å²) in [5.74, 6) is 0. The van der Waals surface area contributed by atoms with E-state index in [1.54, 1.807) is 0 Å². The smallest absolute Gasteiger partial charge is 0.0858 e. The molecule has 0 atom stereocenters. The summed E-state index contributed by atoms with van der Waals surface area (Å²) in [6.45, 7) is 6.85. The van der Waals surface area contributed by atoms with Crippen molar-refractivity contribution in [2.45, 2.75) is 13.8 Å². The van der Waals surface area contributed by atoms with E-state index in [-0.39, 0.29) is 0 Å². The zero-order chi connectivity index (χ0) is 30.7. The van der Waals surface area contributed by atoms with Crippen LogP contribution in [0.25, 0.3) is 22.3 Å². The van der Waals surface area contributed by atoms with Crippen molar-refractivity contribution in [1.82, 2.24) is 0 Å². The number of rotatable bonds is 12. The molecular formula is C36H38N8. The Morgan fingerprint density at radius 3 is 0.841 bits per heavy atom. The SMILES string of the molecule is CCN(CN)c1ccc(/N=N/c2ccc(-c3ccc(-c4ccc(/N=N/c5ccc(N(CC)CN)cc5)cc4)cc3)cc2)cc1. The van der Waals surface area contributed by atoms with Crippen LogP contribution in [0.3, 0.4) is 0 Å². The quantitative estimate of drug-likeness (QED) is 0.113. The lowest BCUT2D eigenvalue weighted by Gasteiger charge is -2.20. The van der Waals surface area contributed by atoms with E-state index in [0.717, 1.165) is 69.5 Å². The molecule has 222 valence electrons. The molecule has 0 heterocycles. The van der Waals surface area contributed by atoms with Gasteiger partial charge in [-0.25, -0.2) is 0 Å². The Kier molecular flexibility index (Phi) is 10.2. The fourth-order valence-corrected chi connectivity index (χ4v) is 4.82. The van der Waals surface area contributed by atoms with Gasteiger partial charge in [0.25, 0.3) is 0 Å². The Morgan fingerprint density at radius 2 is 0.614 bits per heavy atom. The highest BCUT2D eigenvalue weighted by Gasteiger charge is 2.04. The second-order valence-electron chi connectivity index (χ2n) is 10.2. The third-order valence-corrected chi connectivity index (χ3v) is 7.48. The van der Waals surface area contributed by atoms with Gasteiger partial charge in [-0.3, -0.25) is 0 Å². The van der Waals surface area contributed by atoms with E-state index in [4.69, 9.17) is 11.5 Å². The van der Waals surface area contributed by atoms with Crippen molar-refractivity contribution in [2.75, 3.05) is 36.2 Å². The zero-order valence-corrected chi connectivity index (χ0v) is 25.2. The van der Waals surface area contributed by atoms with Crippen LogP contribution in [0.4, 0.5) is 34.1 Å². The largest absolute Gasteiger partial charge is 0.359 e. The standard InChI is InChI=1S/C36H38N8/c1-3-43(25-37)35-21-17-33(18-22-35)41-39-31-13-9-29(10-14-31)27-5-7-28(8-6-27)30-11-15-32(16-12-30)40-42-34-19-23-36(24-20-34)44(4-2)26-38/h5-24H,3-4,25-26,37-38H2,1-2H3/b41-39+,42-40+. The minimum Gasteiger partial charge on any atom is -0.359 e. The van der Waals surface area contributed by atoms with Gasteiger partial charge in [-0.05, 0) is 109 Å². The molecule has 5 aromatic rings. The first-order valence-corrected chi connectivity index (χ1v) is 14.8. The van der Waals surface area contributed by atoms with Crippen LogP contribution in [0.2, 0.25) is 0 Å². The summed E-state index contributed by atoms with van der Waals surface area (Å²) in [5, 5.41) is 17.6. The summed E-state index contributed by atoms with van der Waals surface area (Å²) in [6.07, 6.45) is 0. The molecule has 44 heavy (non-hydrogen) atoms. The number of benzene rings is 5. The van der Waals surface area contributed by atoms with Crippen LogP contribution in [0.5, 0.6) is 0 Å². The van der Waals surface area contributed by atoms with Crippen LogP contribution in [-0.4, -0.2) is 26.4 Å². The molecule has 0 aliphatic heterocycles. The number of anilines is 2. The maximum Gasteiger partial charge on any atom is 0.0858 e. The highest BCUT2D eigenvalue weighted by atomic mass is 15.2. The molecular weight excluding hydrogens is 544 g/mol. The Bertz CT molecular complexity index is 1520. The molecule has 0 aromatic heterocycles. The van der Waals surface area contributed by atoms with Crippen molar-refractivity contribution in [3.05, 3.63) is 121 Å². The molecule has 0 unspecified atom stereocenters. The molecule has 0 aliphatic rings. The number of nitrogens with zero attached hydrogens (tertiary/aromatic N) is 6. The van der Waals surface area contributed by atoms with Gasteiger partial charge in [-0.1, -0.05) is 48.5 Å². The second kappa shape index (κ2) is 14.8. The van der Waals surface area contributed by atoms with Gasteiger partial charge in [0.05, 0.1) is 36.1 Å². The molecule has 5 rings (SSSR count). The molecule has 0 saturated carbocycles. The maximum atomic E-state index is 5.80. The highest BCUT2D eigenvalue weighted by Crippen LogP contribution is 2.29. The van der Waals surface area contributed by atoms with Crippen molar-refractivity contribution >= 4 is 34.1 Å². The van der Waals surface area contributed by atoms with Gasteiger partial charge >= 0.3 is 0 Å². The van der Waals surface area contributed by atoms with Gasteiger partial charge in [0.2, 0.25) is 0 Å². The lowest BCUT2D eigenvalue weighted by atomic mass is 10.00. The van der Waals surface area contributed by atoms with Crippen molar-refractivity contribution in [2.24, 2.45) is 31.9 Å². The highest BCUT2D eigenvalue weighted by molar-refractivity contribution is 5.72. The van der Waals surface area contributed by atoms with E-state index >= 15 is 0 Å². The fourth-order valence-electron chi connectivity index (χ4n) is 4.82. The molecule has 0 spiro atoms. The first kappa shape index (κ1) is 30.3. The molecule has 0 fully saturated rings. The maximum absolute atomic E-state index is 5.80. The fraction of sp³-hybridized carbons (Fsp3) is 0.167. The van der Waals surface area contributed by atoms with Crippen LogP contribution in [-0.2, 0) is 0 Å². The first-order valence-electron chi connectivity index (χ1n) is 14.8. The lowest BCUT2D eigenvalue weighted by Crippen LogP contribution is -2.29. The summed E-state index contributed by atoms with van der Waals surface area (Å²) in [4.78, 5) is 4.17. The van der Waals surface area contributed by atoms with E-state index in [2.05, 4.69) is 92.6 Å². The molecule has 5 aromatic carbocycles. The van der Waals surface area contributed by atoms with Gasteiger partial charge in [0.1, 0.15) is 0 Å². The van der Waals surface area contributed by atoms with E-state index in [0.29, 0.717) is 13.3 Å². The van der Waals surface area contributed by atoms with Gasteiger partial charge in [0, 0.05) is 24.5 Å². The minimum atomic E-state index is 0.485. The second-order valence-corrected chi connectivity index (χ2v) is 10.2. The third kappa shape index (κ3) is 7.60. The third-order valence-electron chi connectivity index (χ3n) is 7.48. The Hall–Kier alpha value is -5.18. The van der Waals surface area contributed by atoms with Crippen molar-refractivity contribution in [3.63, 3.8) is 0 Å². The Labute approximate surface area is 259 Å². The summed E-state index contributed by atoms with van der Waals surface area (Å²) in [7, 11) is 0. The number of nitrogens with two attached hydrogens (primary N) is 2. The molecule has 4 N–H and O–H groups in total. The van der Waals surface area contributed by atoms with Gasteiger partial charge in [0.15, 0.2) is 0 Å². The first-order chi connectivity index (χ1) is 21.6. The van der Waals surface area contributed by atoms with Crippen LogP contribution < -0.4 is 21.3 Å². The average Bonchev–Trinajstić information content (AvgIpc) is 3.09. The van der Waals surface area contributed by atoms with Gasteiger partial charge < -0.3 is 21.3 Å². The average molecular weight is 583 g/mol. The topological polar surface area (TPSA) is 108 Å². The molecule has 8 heteroatoms. The minimum absolute atomic E-state index is 0.485. The van der Waals surface area contributed by atoms with Crippen LogP contribution in [0.15, 0.2) is 142 Å². The van der Waals surface area contributed by atoms with Crippen molar-refractivity contribution in [3.8, 4) is 22.3 Å². The Morgan fingerprint density at radius 1 is 0.386 bits per heavy atom. The lowest BCUT2D eigenvalue weighted by molar-refractivity contribution is 0.843. The Balaban J connectivity index is 1.18. The molecule has 0 aliphatic carbocycles. The predicted octanol–water partition coefficient (Wildman–Crippen LogP) is 9.34. The van der Waals surface area contributed by atoms with E-state index < -0.39 is 0 Å². The van der Waals surface area contributed by atoms with E-state index in [1.165, 1.54) is 0 Å². The summed E-state index contributed by atoms with van der Waals surface area (Å²) < 4.78 is 0. The van der Waals surface area contributed by atoms with Gasteiger partial charge in [-0.15, -0.1) is 0 Å². The van der Waals surface area contributed by atoms with Crippen molar-refractivity contribution < 1.29 is 0 Å².